The molecule has 0 nitrogen and oxygen atoms in total. The van der Waals surface area contributed by atoms with Crippen molar-refractivity contribution in [1.29, 1.82) is 0 Å². The van der Waals surface area contributed by atoms with E-state index in [1.165, 1.54) is 252 Å². The smallest absolute Gasteiger partial charge is 0.0248 e. The van der Waals surface area contributed by atoms with Crippen LogP contribution in [0.25, 0.3) is 0 Å². The molecule has 0 aromatic heterocycles. The number of unbranched alkanes of at least 4 members (excludes halogenated alkanes) is 12. The minimum absolute atomic E-state index is 0.850. The standard InChI is InChI=1S/C28H50.2C24H42/c1-21(2)11-9-13-23(5)15-17-27-19-26(8)28(20-25(27)7)18-16-24(6)14-10-12-22(3)4;1-7-11-13-21(9-3)17-23-15-20(6)24(16-19(23)5)18-22(10-4)14-12-8-2;1-5-7-9-11-13-15-17-23-19-22(4)24(20-21(23)3)18-16-14-12-10-8-6-2/h19-24H,9-18H2,1-8H3;15-16,21-22H,7-14,17-18H2,1-6H3;19-20H,5-18H2,1-4H3. The molecule has 0 aliphatic rings. The van der Waals surface area contributed by atoms with Crippen molar-refractivity contribution in [2.75, 3.05) is 0 Å². The van der Waals surface area contributed by atoms with Gasteiger partial charge in [0.25, 0.3) is 0 Å². The lowest BCUT2D eigenvalue weighted by atomic mass is 9.85. The number of benzene rings is 3. The van der Waals surface area contributed by atoms with E-state index in [9.17, 15) is 0 Å². The highest BCUT2D eigenvalue weighted by Gasteiger charge is 2.15. The minimum atomic E-state index is 0.850. The zero-order valence-electron chi connectivity index (χ0n) is 55.0. The van der Waals surface area contributed by atoms with Crippen LogP contribution < -0.4 is 0 Å². The number of hydrogen-bond acceptors (Lipinski definition) is 0. The highest BCUT2D eigenvalue weighted by atomic mass is 14.2. The molecule has 0 spiro atoms. The normalized spacial score (nSPS) is 13.1. The van der Waals surface area contributed by atoms with Gasteiger partial charge in [-0.15, -0.1) is 0 Å². The van der Waals surface area contributed by atoms with Crippen molar-refractivity contribution in [3.05, 3.63) is 103 Å². The summed E-state index contributed by atoms with van der Waals surface area (Å²) in [5, 5.41) is 0. The van der Waals surface area contributed by atoms with Gasteiger partial charge in [0.15, 0.2) is 0 Å². The SMILES string of the molecule is CCCCC(CC)Cc1cc(C)c(CC(CC)CCCC)cc1C.CCCCCCCCc1cc(C)c(CCCCCCCC)cc1C.Cc1cc(CCC(C)CCCC(C)C)c(C)cc1CCC(C)CCCC(C)C. The summed E-state index contributed by atoms with van der Waals surface area (Å²) in [6.45, 7) is 42.1. The largest absolute Gasteiger partial charge is 0.0654 e. The van der Waals surface area contributed by atoms with Gasteiger partial charge >= 0.3 is 0 Å². The third-order valence-corrected chi connectivity index (χ3v) is 17.9. The van der Waals surface area contributed by atoms with Crippen molar-refractivity contribution in [2.24, 2.45) is 35.5 Å². The van der Waals surface area contributed by atoms with Gasteiger partial charge in [0.1, 0.15) is 0 Å². The molecule has 3 rings (SSSR count). The molecular formula is C76H134. The van der Waals surface area contributed by atoms with E-state index in [1.54, 1.807) is 33.4 Å². The second kappa shape index (κ2) is 44.4. The van der Waals surface area contributed by atoms with Crippen LogP contribution in [0.5, 0.6) is 0 Å². The minimum Gasteiger partial charge on any atom is -0.0654 e. The predicted molar refractivity (Wildman–Crippen MR) is 348 cm³/mol. The fourth-order valence-corrected chi connectivity index (χ4v) is 11.9. The van der Waals surface area contributed by atoms with Crippen LogP contribution in [0.3, 0.4) is 0 Å². The molecule has 0 saturated heterocycles. The zero-order chi connectivity index (χ0) is 56.7. The molecule has 3 aromatic carbocycles. The molecular weight excluding hydrogens is 913 g/mol. The average Bonchev–Trinajstić information content (AvgIpc) is 3.38. The van der Waals surface area contributed by atoms with Crippen molar-refractivity contribution < 1.29 is 0 Å². The van der Waals surface area contributed by atoms with E-state index in [0.717, 1.165) is 35.5 Å². The van der Waals surface area contributed by atoms with Crippen LogP contribution >= 0.6 is 0 Å². The van der Waals surface area contributed by atoms with E-state index < -0.39 is 0 Å². The van der Waals surface area contributed by atoms with Gasteiger partial charge in [0.05, 0.1) is 0 Å². The van der Waals surface area contributed by atoms with Crippen molar-refractivity contribution in [3.8, 4) is 0 Å². The first kappa shape index (κ1) is 71.7. The van der Waals surface area contributed by atoms with Crippen molar-refractivity contribution in [1.82, 2.24) is 0 Å². The Kier molecular flexibility index (Phi) is 41.9. The molecule has 0 radical (unpaired) electrons. The first-order valence-electron chi connectivity index (χ1n) is 33.7. The summed E-state index contributed by atoms with van der Waals surface area (Å²) in [6, 6.07) is 15.0. The third-order valence-electron chi connectivity index (χ3n) is 17.9. The third kappa shape index (κ3) is 33.3. The van der Waals surface area contributed by atoms with Gasteiger partial charge in [-0.1, -0.05) is 274 Å². The summed E-state index contributed by atoms with van der Waals surface area (Å²) in [6.07, 6.45) is 46.1. The van der Waals surface area contributed by atoms with Gasteiger partial charge < -0.3 is 0 Å². The molecule has 76 heavy (non-hydrogen) atoms. The fourth-order valence-electron chi connectivity index (χ4n) is 11.9. The highest BCUT2D eigenvalue weighted by molar-refractivity contribution is 5.39. The molecule has 0 N–H and O–H groups in total. The number of rotatable bonds is 40. The molecule has 0 saturated carbocycles. The second-order valence-electron chi connectivity index (χ2n) is 26.3. The molecule has 4 atom stereocenters. The first-order chi connectivity index (χ1) is 36.4. The van der Waals surface area contributed by atoms with Crippen LogP contribution in [0.4, 0.5) is 0 Å². The molecule has 438 valence electrons. The van der Waals surface area contributed by atoms with Crippen LogP contribution in [-0.4, -0.2) is 0 Å². The van der Waals surface area contributed by atoms with E-state index in [0.29, 0.717) is 0 Å². The van der Waals surface area contributed by atoms with Crippen LogP contribution in [0.1, 0.15) is 330 Å². The Morgan fingerprint density at radius 2 is 0.539 bits per heavy atom. The summed E-state index contributed by atoms with van der Waals surface area (Å²) >= 11 is 0. The maximum atomic E-state index is 2.51. The lowest BCUT2D eigenvalue weighted by Gasteiger charge is -2.20. The van der Waals surface area contributed by atoms with Gasteiger partial charge in [0.2, 0.25) is 0 Å². The van der Waals surface area contributed by atoms with Crippen LogP contribution in [-0.2, 0) is 38.5 Å². The molecule has 0 fully saturated rings. The Bertz CT molecular complexity index is 1720. The van der Waals surface area contributed by atoms with Crippen molar-refractivity contribution in [3.63, 3.8) is 0 Å². The van der Waals surface area contributed by atoms with Crippen molar-refractivity contribution in [2.45, 2.75) is 343 Å². The maximum Gasteiger partial charge on any atom is -0.0248 e. The van der Waals surface area contributed by atoms with E-state index >= 15 is 0 Å². The lowest BCUT2D eigenvalue weighted by molar-refractivity contribution is 0.435. The summed E-state index contributed by atoms with van der Waals surface area (Å²) in [7, 11) is 0. The average molecular weight is 1050 g/mol. The molecule has 3 aromatic rings. The molecule has 0 aliphatic carbocycles. The number of hydrogen-bond donors (Lipinski definition) is 0. The summed E-state index contributed by atoms with van der Waals surface area (Å²) in [5.74, 6) is 5.13. The summed E-state index contributed by atoms with van der Waals surface area (Å²) in [4.78, 5) is 0. The predicted octanol–water partition coefficient (Wildman–Crippen LogP) is 25.0. The topological polar surface area (TPSA) is 0 Å². The molecule has 4 unspecified atom stereocenters. The van der Waals surface area contributed by atoms with Crippen molar-refractivity contribution >= 4 is 0 Å². The molecule has 0 heteroatoms. The molecule has 0 bridgehead atoms. The zero-order valence-corrected chi connectivity index (χ0v) is 55.0. The van der Waals surface area contributed by atoms with Gasteiger partial charge in [-0.25, -0.2) is 0 Å². The highest BCUT2D eigenvalue weighted by Crippen LogP contribution is 2.29. The maximum absolute atomic E-state index is 2.51. The Labute approximate surface area is 479 Å². The summed E-state index contributed by atoms with van der Waals surface area (Å²) in [5.41, 5.74) is 18.7. The molecule has 0 aliphatic heterocycles. The fraction of sp³-hybridized carbons (Fsp3) is 0.763. The Hall–Kier alpha value is -2.34. The van der Waals surface area contributed by atoms with Gasteiger partial charge in [-0.05, 0) is 208 Å². The van der Waals surface area contributed by atoms with Gasteiger partial charge in [-0.2, -0.15) is 0 Å². The first-order valence-corrected chi connectivity index (χ1v) is 33.7. The monoisotopic (exact) mass is 1050 g/mol. The van der Waals surface area contributed by atoms with Gasteiger partial charge in [-0.3, -0.25) is 0 Å². The van der Waals surface area contributed by atoms with Crippen LogP contribution in [0.15, 0.2) is 36.4 Å². The van der Waals surface area contributed by atoms with E-state index in [-0.39, 0.29) is 0 Å². The van der Waals surface area contributed by atoms with E-state index in [2.05, 4.69) is 161 Å². The molecule has 0 amide bonds. The Morgan fingerprint density at radius 3 is 0.842 bits per heavy atom. The van der Waals surface area contributed by atoms with E-state index in [4.69, 9.17) is 0 Å². The Balaban J connectivity index is 0.000000572. The van der Waals surface area contributed by atoms with Gasteiger partial charge in [0, 0.05) is 0 Å². The van der Waals surface area contributed by atoms with Crippen LogP contribution in [0.2, 0.25) is 0 Å². The van der Waals surface area contributed by atoms with Crippen LogP contribution in [0, 0.1) is 77.0 Å². The van der Waals surface area contributed by atoms with E-state index in [1.807, 2.05) is 0 Å². The molecule has 0 heterocycles. The summed E-state index contributed by atoms with van der Waals surface area (Å²) < 4.78 is 0. The Morgan fingerprint density at radius 1 is 0.263 bits per heavy atom. The lowest BCUT2D eigenvalue weighted by Crippen LogP contribution is -2.08. The second-order valence-corrected chi connectivity index (χ2v) is 26.3. The number of aryl methyl sites for hydroxylation is 10. The quantitative estimate of drug-likeness (QED) is 0.0498.